The van der Waals surface area contributed by atoms with Crippen LogP contribution in [0.1, 0.15) is 22.8 Å². The van der Waals surface area contributed by atoms with Gasteiger partial charge in [0, 0.05) is 10.6 Å². The van der Waals surface area contributed by atoms with Gasteiger partial charge in [0.05, 0.1) is 0 Å². The Morgan fingerprint density at radius 3 is 2.22 bits per heavy atom. The van der Waals surface area contributed by atoms with Crippen LogP contribution in [0.3, 0.4) is 0 Å². The van der Waals surface area contributed by atoms with E-state index in [0.717, 1.165) is 5.56 Å². The van der Waals surface area contributed by atoms with E-state index in [0.29, 0.717) is 16.2 Å². The summed E-state index contributed by atoms with van der Waals surface area (Å²) in [7, 11) is 0. The lowest BCUT2D eigenvalue weighted by molar-refractivity contribution is 0.103. The molecule has 0 aliphatic carbocycles. The van der Waals surface area contributed by atoms with Gasteiger partial charge in [0.2, 0.25) is 0 Å². The molecule has 0 heterocycles. The first-order valence-corrected chi connectivity index (χ1v) is 6.08. The van der Waals surface area contributed by atoms with Crippen molar-refractivity contribution in [3.8, 4) is 0 Å². The van der Waals surface area contributed by atoms with Crippen molar-refractivity contribution in [2.24, 2.45) is 0 Å². The van der Waals surface area contributed by atoms with Crippen LogP contribution in [0.25, 0.3) is 6.08 Å². The maximum Gasteiger partial charge on any atom is 0.188 e. The number of hydrogen-bond donors (Lipinski definition) is 0. The first-order valence-electron chi connectivity index (χ1n) is 5.70. The molecule has 0 aromatic heterocycles. The lowest BCUT2D eigenvalue weighted by atomic mass is 10.0. The van der Waals surface area contributed by atoms with Crippen molar-refractivity contribution in [3.63, 3.8) is 0 Å². The molecule has 2 rings (SSSR count). The van der Waals surface area contributed by atoms with Gasteiger partial charge in [-0.3, -0.25) is 4.79 Å². The summed E-state index contributed by atoms with van der Waals surface area (Å²) in [6.45, 7) is 1.82. The van der Waals surface area contributed by atoms with Crippen molar-refractivity contribution in [2.45, 2.75) is 6.92 Å². The predicted octanol–water partition coefficient (Wildman–Crippen LogP) is 4.63. The summed E-state index contributed by atoms with van der Waals surface area (Å²) in [6.07, 6.45) is 1.87. The molecule has 2 heteroatoms. The minimum absolute atomic E-state index is 0.0468. The van der Waals surface area contributed by atoms with E-state index in [1.165, 1.54) is 0 Å². The van der Waals surface area contributed by atoms with E-state index in [9.17, 15) is 4.79 Å². The average molecular weight is 257 g/mol. The topological polar surface area (TPSA) is 17.1 Å². The molecule has 0 fully saturated rings. The summed E-state index contributed by atoms with van der Waals surface area (Å²) in [5.74, 6) is 0.0468. The molecular formula is C16H13ClO. The van der Waals surface area contributed by atoms with Gasteiger partial charge in [0.25, 0.3) is 0 Å². The molecule has 18 heavy (non-hydrogen) atoms. The van der Waals surface area contributed by atoms with Crippen molar-refractivity contribution in [3.05, 3.63) is 76.3 Å². The lowest BCUT2D eigenvalue weighted by Gasteiger charge is -2.01. The van der Waals surface area contributed by atoms with Gasteiger partial charge in [0.15, 0.2) is 5.78 Å². The van der Waals surface area contributed by atoms with Crippen LogP contribution in [-0.4, -0.2) is 5.78 Å². The van der Waals surface area contributed by atoms with Crippen LogP contribution >= 0.6 is 11.6 Å². The third-order valence-corrected chi connectivity index (χ3v) is 2.90. The fraction of sp³-hybridized carbons (Fsp3) is 0.0625. The Morgan fingerprint density at radius 2 is 1.61 bits per heavy atom. The number of rotatable bonds is 3. The van der Waals surface area contributed by atoms with Crippen LogP contribution in [0.2, 0.25) is 5.02 Å². The molecule has 0 radical (unpaired) electrons. The minimum Gasteiger partial charge on any atom is -0.289 e. The standard InChI is InChI=1S/C16H13ClO/c1-12(11-13-7-9-15(17)10-8-13)16(18)14-5-3-2-4-6-14/h2-11H,1H3. The molecule has 2 aromatic rings. The number of ketones is 1. The van der Waals surface area contributed by atoms with Gasteiger partial charge < -0.3 is 0 Å². The van der Waals surface area contributed by atoms with Gasteiger partial charge >= 0.3 is 0 Å². The molecule has 0 saturated carbocycles. The molecule has 0 aliphatic rings. The van der Waals surface area contributed by atoms with Gasteiger partial charge in [0.1, 0.15) is 0 Å². The highest BCUT2D eigenvalue weighted by molar-refractivity contribution is 6.30. The predicted molar refractivity (Wildman–Crippen MR) is 75.9 cm³/mol. The number of carbonyl (C=O) groups is 1. The fourth-order valence-electron chi connectivity index (χ4n) is 1.69. The van der Waals surface area contributed by atoms with Crippen molar-refractivity contribution >= 4 is 23.5 Å². The maximum absolute atomic E-state index is 12.1. The van der Waals surface area contributed by atoms with Crippen LogP contribution in [0.15, 0.2) is 60.2 Å². The summed E-state index contributed by atoms with van der Waals surface area (Å²) in [5.41, 5.74) is 2.39. The molecule has 0 spiro atoms. The summed E-state index contributed by atoms with van der Waals surface area (Å²) >= 11 is 5.82. The average Bonchev–Trinajstić information content (AvgIpc) is 2.41. The number of benzene rings is 2. The number of allylic oxidation sites excluding steroid dienone is 1. The smallest absolute Gasteiger partial charge is 0.188 e. The Hall–Kier alpha value is -1.86. The Labute approximate surface area is 112 Å². The molecule has 2 aromatic carbocycles. The zero-order chi connectivity index (χ0) is 13.0. The van der Waals surface area contributed by atoms with E-state index in [2.05, 4.69) is 0 Å². The van der Waals surface area contributed by atoms with Crippen LogP contribution in [0.5, 0.6) is 0 Å². The van der Waals surface area contributed by atoms with Crippen molar-refractivity contribution in [1.82, 2.24) is 0 Å². The van der Waals surface area contributed by atoms with Gasteiger partial charge in [-0.2, -0.15) is 0 Å². The largest absolute Gasteiger partial charge is 0.289 e. The first-order chi connectivity index (χ1) is 8.66. The fourth-order valence-corrected chi connectivity index (χ4v) is 1.82. The maximum atomic E-state index is 12.1. The van der Waals surface area contributed by atoms with Gasteiger partial charge in [-0.15, -0.1) is 0 Å². The van der Waals surface area contributed by atoms with E-state index in [1.54, 1.807) is 0 Å². The number of hydrogen-bond acceptors (Lipinski definition) is 1. The quantitative estimate of drug-likeness (QED) is 0.578. The third kappa shape index (κ3) is 3.08. The van der Waals surface area contributed by atoms with Gasteiger partial charge in [-0.05, 0) is 36.3 Å². The molecule has 90 valence electrons. The third-order valence-electron chi connectivity index (χ3n) is 2.65. The number of Topliss-reactive ketones (excluding diaryl/α,β-unsaturated/α-hetero) is 1. The summed E-state index contributed by atoms with van der Waals surface area (Å²) in [4.78, 5) is 12.1. The summed E-state index contributed by atoms with van der Waals surface area (Å²) < 4.78 is 0. The number of halogens is 1. The second-order valence-corrected chi connectivity index (χ2v) is 4.51. The van der Waals surface area contributed by atoms with Crippen LogP contribution < -0.4 is 0 Å². The summed E-state index contributed by atoms with van der Waals surface area (Å²) in [5, 5.41) is 0.694. The molecule has 0 N–H and O–H groups in total. The van der Waals surface area contributed by atoms with Gasteiger partial charge in [-0.1, -0.05) is 54.1 Å². The second-order valence-electron chi connectivity index (χ2n) is 4.07. The SMILES string of the molecule is CC(=Cc1ccc(Cl)cc1)C(=O)c1ccccc1. The van der Waals surface area contributed by atoms with E-state index in [-0.39, 0.29) is 5.78 Å². The van der Waals surface area contributed by atoms with Crippen molar-refractivity contribution < 1.29 is 4.79 Å². The first kappa shape index (κ1) is 12.6. The molecular weight excluding hydrogens is 244 g/mol. The summed E-state index contributed by atoms with van der Waals surface area (Å²) in [6, 6.07) is 16.7. The molecule has 0 aliphatic heterocycles. The van der Waals surface area contributed by atoms with E-state index < -0.39 is 0 Å². The van der Waals surface area contributed by atoms with Crippen LogP contribution in [0.4, 0.5) is 0 Å². The molecule has 0 saturated heterocycles. The van der Waals surface area contributed by atoms with Crippen molar-refractivity contribution in [2.75, 3.05) is 0 Å². The highest BCUT2D eigenvalue weighted by atomic mass is 35.5. The van der Waals surface area contributed by atoms with E-state index >= 15 is 0 Å². The Balaban J connectivity index is 2.23. The van der Waals surface area contributed by atoms with E-state index in [1.807, 2.05) is 67.6 Å². The number of carbonyl (C=O) groups excluding carboxylic acids is 1. The minimum atomic E-state index is 0.0468. The Kier molecular flexibility index (Phi) is 3.96. The highest BCUT2D eigenvalue weighted by Gasteiger charge is 2.06. The second kappa shape index (κ2) is 5.65. The molecule has 0 unspecified atom stereocenters. The molecule has 0 bridgehead atoms. The zero-order valence-electron chi connectivity index (χ0n) is 10.1. The Morgan fingerprint density at radius 1 is 1.00 bits per heavy atom. The monoisotopic (exact) mass is 256 g/mol. The van der Waals surface area contributed by atoms with Gasteiger partial charge in [-0.25, -0.2) is 0 Å². The highest BCUT2D eigenvalue weighted by Crippen LogP contribution is 2.15. The Bertz CT molecular complexity index is 568. The van der Waals surface area contributed by atoms with Crippen molar-refractivity contribution in [1.29, 1.82) is 0 Å². The van der Waals surface area contributed by atoms with Crippen LogP contribution in [-0.2, 0) is 0 Å². The molecule has 0 atom stereocenters. The zero-order valence-corrected chi connectivity index (χ0v) is 10.8. The molecule has 1 nitrogen and oxygen atoms in total. The normalized spacial score (nSPS) is 11.3. The van der Waals surface area contributed by atoms with E-state index in [4.69, 9.17) is 11.6 Å². The lowest BCUT2D eigenvalue weighted by Crippen LogP contribution is -1.99. The van der Waals surface area contributed by atoms with Crippen LogP contribution in [0, 0.1) is 0 Å². The molecule has 0 amide bonds.